The molecule has 3 rings (SSSR count). The monoisotopic (exact) mass is 300 g/mol. The van der Waals surface area contributed by atoms with Gasteiger partial charge in [-0.15, -0.1) is 0 Å². The summed E-state index contributed by atoms with van der Waals surface area (Å²) in [6.45, 7) is 0.591. The smallest absolute Gasteiger partial charge is 0.250 e. The fourth-order valence-electron chi connectivity index (χ4n) is 2.15. The zero-order chi connectivity index (χ0) is 14.8. The second-order valence-corrected chi connectivity index (χ2v) is 5.02. The Morgan fingerprint density at radius 3 is 3.00 bits per heavy atom. The Bertz CT molecular complexity index is 812. The maximum absolute atomic E-state index is 11.3. The van der Waals surface area contributed by atoms with E-state index in [-0.39, 0.29) is 0 Å². The largest absolute Gasteiger partial charge is 0.381 e. The average molecular weight is 301 g/mol. The molecule has 2 aromatic heterocycles. The van der Waals surface area contributed by atoms with Gasteiger partial charge in [-0.2, -0.15) is 5.10 Å². The Morgan fingerprint density at radius 1 is 1.33 bits per heavy atom. The first-order valence-electron chi connectivity index (χ1n) is 6.39. The van der Waals surface area contributed by atoms with Crippen LogP contribution >= 0.6 is 11.6 Å². The highest BCUT2D eigenvalue weighted by atomic mass is 35.5. The molecule has 0 aliphatic heterocycles. The molecule has 6 heteroatoms. The molecule has 106 valence electrons. The summed E-state index contributed by atoms with van der Waals surface area (Å²) in [6, 6.07) is 11.0. The van der Waals surface area contributed by atoms with Crippen molar-refractivity contribution in [3.8, 4) is 0 Å². The van der Waals surface area contributed by atoms with E-state index >= 15 is 0 Å². The summed E-state index contributed by atoms with van der Waals surface area (Å²) < 4.78 is 1.81. The molecular weight excluding hydrogens is 288 g/mol. The van der Waals surface area contributed by atoms with Crippen LogP contribution < -0.4 is 11.1 Å². The molecule has 5 nitrogen and oxygen atoms in total. The summed E-state index contributed by atoms with van der Waals surface area (Å²) in [5, 5.41) is 7.87. The SMILES string of the molecule is NC(=O)c1cc(NCc2cnn3ccccc23)ccc1Cl. The number of amides is 1. The van der Waals surface area contributed by atoms with Crippen molar-refractivity contribution in [2.45, 2.75) is 6.54 Å². The van der Waals surface area contributed by atoms with Crippen LogP contribution in [0.5, 0.6) is 0 Å². The number of aromatic nitrogens is 2. The molecule has 1 aromatic carbocycles. The van der Waals surface area contributed by atoms with Crippen molar-refractivity contribution in [2.24, 2.45) is 5.73 Å². The highest BCUT2D eigenvalue weighted by molar-refractivity contribution is 6.33. The van der Waals surface area contributed by atoms with Crippen LogP contribution in [0.15, 0.2) is 48.8 Å². The third-order valence-corrected chi connectivity index (χ3v) is 3.55. The van der Waals surface area contributed by atoms with Gasteiger partial charge in [-0.25, -0.2) is 4.52 Å². The molecule has 0 saturated heterocycles. The molecule has 0 bridgehead atoms. The summed E-state index contributed by atoms with van der Waals surface area (Å²) in [5.74, 6) is -0.542. The number of carbonyl (C=O) groups is 1. The molecular formula is C15H13ClN4O. The summed E-state index contributed by atoms with van der Waals surface area (Å²) in [4.78, 5) is 11.3. The molecule has 2 heterocycles. The van der Waals surface area contributed by atoms with E-state index in [9.17, 15) is 4.79 Å². The highest BCUT2D eigenvalue weighted by Crippen LogP contribution is 2.21. The normalized spacial score (nSPS) is 10.7. The molecule has 0 spiro atoms. The fraction of sp³-hybridized carbons (Fsp3) is 0.0667. The third-order valence-electron chi connectivity index (χ3n) is 3.22. The van der Waals surface area contributed by atoms with E-state index in [0.29, 0.717) is 17.1 Å². The Morgan fingerprint density at radius 2 is 2.19 bits per heavy atom. The predicted octanol–water partition coefficient (Wildman–Crippen LogP) is 2.70. The summed E-state index contributed by atoms with van der Waals surface area (Å²) >= 11 is 5.93. The van der Waals surface area contributed by atoms with Crippen molar-refractivity contribution < 1.29 is 4.79 Å². The lowest BCUT2D eigenvalue weighted by Crippen LogP contribution is -2.12. The van der Waals surface area contributed by atoms with Crippen LogP contribution in [-0.4, -0.2) is 15.5 Å². The molecule has 0 aliphatic carbocycles. The molecule has 1 amide bonds. The maximum atomic E-state index is 11.3. The Kier molecular flexibility index (Phi) is 3.50. The summed E-state index contributed by atoms with van der Waals surface area (Å²) in [7, 11) is 0. The molecule has 0 fully saturated rings. The van der Waals surface area contributed by atoms with Gasteiger partial charge in [0.2, 0.25) is 5.91 Å². The van der Waals surface area contributed by atoms with Crippen LogP contribution in [0.4, 0.5) is 5.69 Å². The van der Waals surface area contributed by atoms with Gasteiger partial charge in [0.1, 0.15) is 0 Å². The molecule has 0 unspecified atom stereocenters. The number of rotatable bonds is 4. The number of pyridine rings is 1. The number of benzene rings is 1. The van der Waals surface area contributed by atoms with Crippen molar-refractivity contribution in [1.29, 1.82) is 0 Å². The first-order chi connectivity index (χ1) is 10.1. The van der Waals surface area contributed by atoms with Gasteiger partial charge in [0.05, 0.1) is 22.3 Å². The van der Waals surface area contributed by atoms with E-state index in [1.165, 1.54) is 0 Å². The molecule has 0 saturated carbocycles. The molecule has 3 aromatic rings. The minimum atomic E-state index is -0.542. The number of anilines is 1. The zero-order valence-corrected chi connectivity index (χ0v) is 11.8. The summed E-state index contributed by atoms with van der Waals surface area (Å²) in [5.41, 5.74) is 8.47. The van der Waals surface area contributed by atoms with Gasteiger partial charge < -0.3 is 11.1 Å². The number of hydrogen-bond acceptors (Lipinski definition) is 3. The van der Waals surface area contributed by atoms with E-state index in [2.05, 4.69) is 10.4 Å². The molecule has 0 aliphatic rings. The van der Waals surface area contributed by atoms with Crippen LogP contribution in [0.3, 0.4) is 0 Å². The third kappa shape index (κ3) is 2.68. The number of carbonyl (C=O) groups excluding carboxylic acids is 1. The first-order valence-corrected chi connectivity index (χ1v) is 6.77. The maximum Gasteiger partial charge on any atom is 0.250 e. The lowest BCUT2D eigenvalue weighted by molar-refractivity contribution is 0.100. The zero-order valence-electron chi connectivity index (χ0n) is 11.1. The van der Waals surface area contributed by atoms with E-state index in [1.807, 2.05) is 35.1 Å². The number of hydrogen-bond donors (Lipinski definition) is 2. The number of fused-ring (bicyclic) bond motifs is 1. The minimum absolute atomic E-state index is 0.307. The first kappa shape index (κ1) is 13.5. The van der Waals surface area contributed by atoms with Crippen molar-refractivity contribution in [2.75, 3.05) is 5.32 Å². The van der Waals surface area contributed by atoms with Crippen molar-refractivity contribution in [3.05, 3.63) is 64.9 Å². The topological polar surface area (TPSA) is 72.4 Å². The molecule has 0 atom stereocenters. The van der Waals surface area contributed by atoms with Gasteiger partial charge in [-0.1, -0.05) is 17.7 Å². The van der Waals surface area contributed by atoms with Gasteiger partial charge in [0.15, 0.2) is 0 Å². The van der Waals surface area contributed by atoms with Crippen molar-refractivity contribution in [1.82, 2.24) is 9.61 Å². The predicted molar refractivity (Wildman–Crippen MR) is 82.5 cm³/mol. The lowest BCUT2D eigenvalue weighted by atomic mass is 10.2. The number of halogens is 1. The molecule has 0 radical (unpaired) electrons. The molecule has 21 heavy (non-hydrogen) atoms. The number of nitrogens with one attached hydrogen (secondary N) is 1. The Hall–Kier alpha value is -2.53. The second kappa shape index (κ2) is 5.46. The Labute approximate surface area is 126 Å². The Balaban J connectivity index is 1.82. The lowest BCUT2D eigenvalue weighted by Gasteiger charge is -2.08. The van der Waals surface area contributed by atoms with E-state index in [0.717, 1.165) is 16.8 Å². The molecule has 3 N–H and O–H groups in total. The van der Waals surface area contributed by atoms with Gasteiger partial charge in [-0.3, -0.25) is 4.79 Å². The van der Waals surface area contributed by atoms with Crippen LogP contribution in [0, 0.1) is 0 Å². The van der Waals surface area contributed by atoms with Gasteiger partial charge >= 0.3 is 0 Å². The number of primary amides is 1. The van der Waals surface area contributed by atoms with Crippen LogP contribution in [-0.2, 0) is 6.54 Å². The van der Waals surface area contributed by atoms with Crippen LogP contribution in [0.25, 0.3) is 5.52 Å². The number of nitrogens with two attached hydrogens (primary N) is 1. The van der Waals surface area contributed by atoms with Crippen molar-refractivity contribution in [3.63, 3.8) is 0 Å². The quantitative estimate of drug-likeness (QED) is 0.778. The standard InChI is InChI=1S/C15H13ClN4O/c16-13-5-4-11(7-12(13)15(17)21)18-8-10-9-19-20-6-2-1-3-14(10)20/h1-7,9,18H,8H2,(H2,17,21). The fourth-order valence-corrected chi connectivity index (χ4v) is 2.36. The minimum Gasteiger partial charge on any atom is -0.381 e. The van der Waals surface area contributed by atoms with Gasteiger partial charge in [-0.05, 0) is 30.3 Å². The summed E-state index contributed by atoms with van der Waals surface area (Å²) in [6.07, 6.45) is 3.71. The van der Waals surface area contributed by atoms with E-state index in [4.69, 9.17) is 17.3 Å². The average Bonchev–Trinajstić information content (AvgIpc) is 2.89. The van der Waals surface area contributed by atoms with E-state index in [1.54, 1.807) is 18.2 Å². The van der Waals surface area contributed by atoms with E-state index < -0.39 is 5.91 Å². The number of nitrogens with zero attached hydrogens (tertiary/aromatic N) is 2. The van der Waals surface area contributed by atoms with Gasteiger partial charge in [0, 0.05) is 24.0 Å². The highest BCUT2D eigenvalue weighted by Gasteiger charge is 2.08. The second-order valence-electron chi connectivity index (χ2n) is 4.61. The van der Waals surface area contributed by atoms with Crippen LogP contribution in [0.1, 0.15) is 15.9 Å². The van der Waals surface area contributed by atoms with Gasteiger partial charge in [0.25, 0.3) is 0 Å². The van der Waals surface area contributed by atoms with Crippen molar-refractivity contribution >= 4 is 28.7 Å². The van der Waals surface area contributed by atoms with Crippen LogP contribution in [0.2, 0.25) is 5.02 Å².